The number of nitrogens with one attached hydrogen (secondary N) is 1. The van der Waals surface area contributed by atoms with E-state index in [-0.39, 0.29) is 11.9 Å². The zero-order valence-corrected chi connectivity index (χ0v) is 14.1. The van der Waals surface area contributed by atoms with Crippen LogP contribution in [0.5, 0.6) is 0 Å². The summed E-state index contributed by atoms with van der Waals surface area (Å²) in [6.45, 7) is 6.18. The number of nitrogens with zero attached hydrogens (tertiary/aromatic N) is 1. The molecule has 1 fully saturated rings. The molecular formula is C18H22N2O2S. The normalized spacial score (nSPS) is 16.9. The fourth-order valence-electron chi connectivity index (χ4n) is 2.75. The first-order valence-corrected chi connectivity index (χ1v) is 8.76. The average molecular weight is 330 g/mol. The van der Waals surface area contributed by atoms with Gasteiger partial charge >= 0.3 is 0 Å². The predicted octanol–water partition coefficient (Wildman–Crippen LogP) is 2.86. The lowest BCUT2D eigenvalue weighted by Gasteiger charge is -2.31. The number of thiophene rings is 1. The minimum Gasteiger partial charge on any atom is -0.379 e. The smallest absolute Gasteiger partial charge is 0.261 e. The number of amides is 1. The Morgan fingerprint density at radius 3 is 2.61 bits per heavy atom. The molecule has 0 bridgehead atoms. The second kappa shape index (κ2) is 7.73. The van der Waals surface area contributed by atoms with E-state index in [9.17, 15) is 4.79 Å². The van der Waals surface area contributed by atoms with E-state index in [1.165, 1.54) is 11.3 Å². The molecule has 1 aliphatic rings. The molecule has 122 valence electrons. The number of hydrogen-bond donors (Lipinski definition) is 1. The van der Waals surface area contributed by atoms with Crippen molar-refractivity contribution in [3.63, 3.8) is 0 Å². The van der Waals surface area contributed by atoms with Crippen LogP contribution < -0.4 is 5.32 Å². The number of hydrogen-bond acceptors (Lipinski definition) is 4. The van der Waals surface area contributed by atoms with Gasteiger partial charge in [-0.2, -0.15) is 0 Å². The van der Waals surface area contributed by atoms with E-state index in [2.05, 4.69) is 22.3 Å². The minimum atomic E-state index is -0.00999. The zero-order valence-electron chi connectivity index (χ0n) is 13.3. The van der Waals surface area contributed by atoms with Crippen LogP contribution >= 0.6 is 11.3 Å². The third-order valence-electron chi connectivity index (χ3n) is 4.02. The van der Waals surface area contributed by atoms with Gasteiger partial charge in [0.2, 0.25) is 0 Å². The number of carbonyl (C=O) groups excluding carboxylic acids is 1. The third kappa shape index (κ3) is 4.41. The molecule has 1 aromatic heterocycles. The lowest BCUT2D eigenvalue weighted by Crippen LogP contribution is -2.43. The van der Waals surface area contributed by atoms with E-state index in [1.807, 2.05) is 37.3 Å². The molecule has 1 N–H and O–H groups in total. The van der Waals surface area contributed by atoms with Crippen LogP contribution in [0.2, 0.25) is 0 Å². The van der Waals surface area contributed by atoms with Gasteiger partial charge in [0.05, 0.1) is 24.1 Å². The molecule has 0 saturated carbocycles. The van der Waals surface area contributed by atoms with Crippen molar-refractivity contribution in [1.29, 1.82) is 0 Å². The number of ether oxygens (including phenoxy) is 1. The molecule has 23 heavy (non-hydrogen) atoms. The van der Waals surface area contributed by atoms with Gasteiger partial charge in [-0.05, 0) is 24.6 Å². The van der Waals surface area contributed by atoms with Crippen molar-refractivity contribution in [3.05, 3.63) is 57.8 Å². The van der Waals surface area contributed by atoms with E-state index in [0.29, 0.717) is 0 Å². The summed E-state index contributed by atoms with van der Waals surface area (Å²) in [5.41, 5.74) is 1.14. The van der Waals surface area contributed by atoms with Gasteiger partial charge in [0, 0.05) is 24.5 Å². The molecule has 1 amide bonds. The molecule has 2 aromatic rings. The van der Waals surface area contributed by atoms with Crippen LogP contribution in [0.15, 0.2) is 42.5 Å². The van der Waals surface area contributed by atoms with Gasteiger partial charge in [0.25, 0.3) is 5.91 Å². The summed E-state index contributed by atoms with van der Waals surface area (Å²) in [4.78, 5) is 16.8. The van der Waals surface area contributed by atoms with Gasteiger partial charge in [-0.1, -0.05) is 30.3 Å². The first kappa shape index (κ1) is 16.2. The molecule has 2 heterocycles. The van der Waals surface area contributed by atoms with Gasteiger partial charge in [-0.25, -0.2) is 0 Å². The van der Waals surface area contributed by atoms with E-state index in [1.54, 1.807) is 0 Å². The number of rotatable bonds is 5. The molecule has 0 spiro atoms. The Bertz CT molecular complexity index is 635. The van der Waals surface area contributed by atoms with Gasteiger partial charge in [0.1, 0.15) is 0 Å². The van der Waals surface area contributed by atoms with Crippen LogP contribution in [0.3, 0.4) is 0 Å². The van der Waals surface area contributed by atoms with Crippen LogP contribution in [0.4, 0.5) is 0 Å². The predicted molar refractivity (Wildman–Crippen MR) is 93.0 cm³/mol. The lowest BCUT2D eigenvalue weighted by molar-refractivity contribution is 0.0332. The Labute approximate surface area is 141 Å². The van der Waals surface area contributed by atoms with Crippen LogP contribution in [0, 0.1) is 6.92 Å². The molecule has 1 saturated heterocycles. The molecule has 0 aliphatic carbocycles. The fourth-order valence-corrected chi connectivity index (χ4v) is 3.52. The molecule has 0 unspecified atom stereocenters. The molecular weight excluding hydrogens is 308 g/mol. The highest BCUT2D eigenvalue weighted by molar-refractivity contribution is 7.13. The lowest BCUT2D eigenvalue weighted by atomic mass is 10.1. The summed E-state index contributed by atoms with van der Waals surface area (Å²) < 4.78 is 5.41. The van der Waals surface area contributed by atoms with Crippen LogP contribution in [-0.4, -0.2) is 43.7 Å². The second-order valence-corrected chi connectivity index (χ2v) is 7.05. The van der Waals surface area contributed by atoms with Crippen molar-refractivity contribution >= 4 is 17.2 Å². The topological polar surface area (TPSA) is 41.6 Å². The maximum atomic E-state index is 12.5. The van der Waals surface area contributed by atoms with Gasteiger partial charge in [-0.15, -0.1) is 11.3 Å². The zero-order chi connectivity index (χ0) is 16.1. The number of aryl methyl sites for hydroxylation is 1. The maximum Gasteiger partial charge on any atom is 0.261 e. The third-order valence-corrected chi connectivity index (χ3v) is 5.02. The second-order valence-electron chi connectivity index (χ2n) is 5.76. The van der Waals surface area contributed by atoms with E-state index < -0.39 is 0 Å². The van der Waals surface area contributed by atoms with Crippen LogP contribution in [0.25, 0.3) is 0 Å². The standard InChI is InChI=1S/C18H22N2O2S/c1-14-7-8-17(23-14)18(21)19-16(15-5-3-2-4-6-15)13-20-9-11-22-12-10-20/h2-8,16H,9-13H2,1H3,(H,19,21)/t16-/m1/s1. The summed E-state index contributed by atoms with van der Waals surface area (Å²) in [6, 6.07) is 14.1. The van der Waals surface area contributed by atoms with Crippen molar-refractivity contribution in [1.82, 2.24) is 10.2 Å². The van der Waals surface area contributed by atoms with Crippen molar-refractivity contribution in [3.8, 4) is 0 Å². The highest BCUT2D eigenvalue weighted by Crippen LogP contribution is 2.19. The summed E-state index contributed by atoms with van der Waals surface area (Å²) in [6.07, 6.45) is 0. The minimum absolute atomic E-state index is 0.00483. The maximum absolute atomic E-state index is 12.5. The van der Waals surface area contributed by atoms with Gasteiger partial charge in [-0.3, -0.25) is 9.69 Å². The average Bonchev–Trinajstić information content (AvgIpc) is 3.03. The van der Waals surface area contributed by atoms with E-state index >= 15 is 0 Å². The Kier molecular flexibility index (Phi) is 5.43. The van der Waals surface area contributed by atoms with Crippen LogP contribution in [-0.2, 0) is 4.74 Å². The monoisotopic (exact) mass is 330 g/mol. The van der Waals surface area contributed by atoms with Crippen LogP contribution in [0.1, 0.15) is 26.2 Å². The summed E-state index contributed by atoms with van der Waals surface area (Å²) in [5, 5.41) is 3.20. The largest absolute Gasteiger partial charge is 0.379 e. The molecule has 3 rings (SSSR count). The van der Waals surface area contributed by atoms with Crippen molar-refractivity contribution in [2.75, 3.05) is 32.8 Å². The Hall–Kier alpha value is -1.69. The molecule has 1 aromatic carbocycles. The summed E-state index contributed by atoms with van der Waals surface area (Å²) in [7, 11) is 0. The van der Waals surface area contributed by atoms with E-state index in [0.717, 1.165) is 48.2 Å². The Morgan fingerprint density at radius 1 is 1.22 bits per heavy atom. The van der Waals surface area contributed by atoms with Crippen molar-refractivity contribution in [2.45, 2.75) is 13.0 Å². The number of benzene rings is 1. The molecule has 1 atom stereocenters. The fraction of sp³-hybridized carbons (Fsp3) is 0.389. The van der Waals surface area contributed by atoms with Gasteiger partial charge in [0.15, 0.2) is 0 Å². The SMILES string of the molecule is Cc1ccc(C(=O)N[C@H](CN2CCOCC2)c2ccccc2)s1. The van der Waals surface area contributed by atoms with E-state index in [4.69, 9.17) is 4.74 Å². The summed E-state index contributed by atoms with van der Waals surface area (Å²) >= 11 is 1.53. The van der Waals surface area contributed by atoms with Crippen molar-refractivity contribution in [2.24, 2.45) is 0 Å². The number of carbonyl (C=O) groups is 1. The highest BCUT2D eigenvalue weighted by atomic mass is 32.1. The molecule has 1 aliphatic heterocycles. The Morgan fingerprint density at radius 2 is 1.96 bits per heavy atom. The van der Waals surface area contributed by atoms with Crippen molar-refractivity contribution < 1.29 is 9.53 Å². The first-order valence-electron chi connectivity index (χ1n) is 7.95. The quantitative estimate of drug-likeness (QED) is 0.916. The van der Waals surface area contributed by atoms with Gasteiger partial charge < -0.3 is 10.1 Å². The molecule has 4 nitrogen and oxygen atoms in total. The number of morpholine rings is 1. The summed E-state index contributed by atoms with van der Waals surface area (Å²) in [5.74, 6) is 0.00483. The Balaban J connectivity index is 1.73. The first-order chi connectivity index (χ1) is 11.2. The molecule has 5 heteroatoms. The highest BCUT2D eigenvalue weighted by Gasteiger charge is 2.21. The molecule has 0 radical (unpaired) electrons.